The van der Waals surface area contributed by atoms with Crippen molar-refractivity contribution in [2.75, 3.05) is 6.61 Å². The van der Waals surface area contributed by atoms with Crippen LogP contribution in [0.2, 0.25) is 0 Å². The van der Waals surface area contributed by atoms with E-state index in [1.54, 1.807) is 12.1 Å². The van der Waals surface area contributed by atoms with Gasteiger partial charge in [0.2, 0.25) is 0 Å². The third-order valence-electron chi connectivity index (χ3n) is 6.11. The lowest BCUT2D eigenvalue weighted by atomic mass is 9.98. The third kappa shape index (κ3) is 3.75. The third-order valence-corrected chi connectivity index (χ3v) is 6.11. The van der Waals surface area contributed by atoms with Gasteiger partial charge in [-0.3, -0.25) is 4.79 Å². The zero-order valence-corrected chi connectivity index (χ0v) is 18.4. The molecule has 0 bridgehead atoms. The fraction of sp³-hybridized carbons (Fsp3) is 0.231. The highest BCUT2D eigenvalue weighted by Gasteiger charge is 2.31. The smallest absolute Gasteiger partial charge is 0.407 e. The highest BCUT2D eigenvalue weighted by atomic mass is 16.5. The van der Waals surface area contributed by atoms with Gasteiger partial charge in [0.05, 0.1) is 5.52 Å². The lowest BCUT2D eigenvalue weighted by Crippen LogP contribution is -2.47. The van der Waals surface area contributed by atoms with Crippen molar-refractivity contribution in [2.24, 2.45) is 5.92 Å². The Bertz CT molecular complexity index is 1300. The van der Waals surface area contributed by atoms with E-state index in [9.17, 15) is 9.59 Å². The molecule has 1 N–H and O–H groups in total. The van der Waals surface area contributed by atoms with Crippen LogP contribution < -0.4 is 5.32 Å². The average Bonchev–Trinajstić information content (AvgIpc) is 3.40. The number of alkyl carbamates (subject to hydrolysis) is 1. The molecule has 0 aliphatic heterocycles. The predicted molar refractivity (Wildman–Crippen MR) is 125 cm³/mol. The van der Waals surface area contributed by atoms with Gasteiger partial charge in [0.15, 0.2) is 0 Å². The van der Waals surface area contributed by atoms with E-state index in [1.165, 1.54) is 4.68 Å². The molecule has 0 fully saturated rings. The summed E-state index contributed by atoms with van der Waals surface area (Å²) in [4.78, 5) is 25.9. The maximum atomic E-state index is 13.2. The average molecular weight is 441 g/mol. The molecule has 0 radical (unpaired) electrons. The topological polar surface area (TPSA) is 86.1 Å². The molecule has 0 unspecified atom stereocenters. The minimum atomic E-state index is -0.800. The quantitative estimate of drug-likeness (QED) is 0.489. The molecule has 1 aromatic heterocycles. The molecular formula is C26H24N4O3. The predicted octanol–water partition coefficient (Wildman–Crippen LogP) is 4.63. The number of aromatic nitrogens is 3. The first kappa shape index (κ1) is 20.9. The number of benzene rings is 3. The van der Waals surface area contributed by atoms with Crippen LogP contribution in [0.4, 0.5) is 4.79 Å². The van der Waals surface area contributed by atoms with Crippen LogP contribution in [-0.4, -0.2) is 39.6 Å². The fourth-order valence-electron chi connectivity index (χ4n) is 4.44. The second-order valence-electron chi connectivity index (χ2n) is 8.52. The van der Waals surface area contributed by atoms with Gasteiger partial charge in [-0.2, -0.15) is 4.68 Å². The van der Waals surface area contributed by atoms with Crippen molar-refractivity contribution in [1.29, 1.82) is 0 Å². The Kier molecular flexibility index (Phi) is 5.38. The molecule has 1 amide bonds. The molecule has 166 valence electrons. The van der Waals surface area contributed by atoms with Gasteiger partial charge >= 0.3 is 6.09 Å². The lowest BCUT2D eigenvalue weighted by Gasteiger charge is -2.21. The summed E-state index contributed by atoms with van der Waals surface area (Å²) in [5.74, 6) is -0.566. The van der Waals surface area contributed by atoms with Gasteiger partial charge in [0.25, 0.3) is 5.91 Å². The fourth-order valence-corrected chi connectivity index (χ4v) is 4.44. The standard InChI is InChI=1S/C26H24N4O3/c1-16(2)24(25(31)30-23-14-8-7-13-22(23)28-29-30)27-26(32)33-15-21-19-11-5-3-9-17(19)18-10-4-6-12-20(18)21/h3-14,16,21,24H,15H2,1-2H3,(H,27,32)/t24-/m0/s1. The molecule has 5 rings (SSSR count). The van der Waals surface area contributed by atoms with Gasteiger partial charge in [-0.05, 0) is 40.3 Å². The van der Waals surface area contributed by atoms with E-state index in [0.29, 0.717) is 11.0 Å². The Morgan fingerprint density at radius 2 is 1.55 bits per heavy atom. The molecule has 33 heavy (non-hydrogen) atoms. The van der Waals surface area contributed by atoms with E-state index in [-0.39, 0.29) is 24.3 Å². The van der Waals surface area contributed by atoms with E-state index in [1.807, 2.05) is 50.2 Å². The number of carbonyl (C=O) groups is 2. The number of rotatable bonds is 5. The van der Waals surface area contributed by atoms with Crippen LogP contribution in [0.3, 0.4) is 0 Å². The first-order chi connectivity index (χ1) is 16.0. The van der Waals surface area contributed by atoms with Crippen LogP contribution in [0.25, 0.3) is 22.2 Å². The van der Waals surface area contributed by atoms with Crippen molar-refractivity contribution >= 4 is 23.0 Å². The van der Waals surface area contributed by atoms with E-state index in [4.69, 9.17) is 4.74 Å². The van der Waals surface area contributed by atoms with E-state index >= 15 is 0 Å². The minimum Gasteiger partial charge on any atom is -0.449 e. The number of carbonyl (C=O) groups excluding carboxylic acids is 2. The Labute approximate surface area is 191 Å². The summed E-state index contributed by atoms with van der Waals surface area (Å²) in [5, 5.41) is 10.8. The molecule has 0 saturated heterocycles. The van der Waals surface area contributed by atoms with Crippen molar-refractivity contribution in [3.63, 3.8) is 0 Å². The highest BCUT2D eigenvalue weighted by molar-refractivity contribution is 5.93. The van der Waals surface area contributed by atoms with Gasteiger partial charge in [-0.25, -0.2) is 4.79 Å². The molecule has 1 atom stereocenters. The van der Waals surface area contributed by atoms with Gasteiger partial charge in [-0.15, -0.1) is 5.10 Å². The van der Waals surface area contributed by atoms with Crippen molar-refractivity contribution in [3.05, 3.63) is 83.9 Å². The molecule has 1 heterocycles. The summed E-state index contributed by atoms with van der Waals surface area (Å²) >= 11 is 0. The lowest BCUT2D eigenvalue weighted by molar-refractivity contribution is 0.0795. The molecule has 0 saturated carbocycles. The number of hydrogen-bond acceptors (Lipinski definition) is 5. The van der Waals surface area contributed by atoms with Crippen molar-refractivity contribution in [2.45, 2.75) is 25.8 Å². The number of hydrogen-bond donors (Lipinski definition) is 1. The van der Waals surface area contributed by atoms with E-state index in [0.717, 1.165) is 22.3 Å². The van der Waals surface area contributed by atoms with Crippen molar-refractivity contribution in [3.8, 4) is 11.1 Å². The van der Waals surface area contributed by atoms with Crippen molar-refractivity contribution in [1.82, 2.24) is 20.3 Å². The van der Waals surface area contributed by atoms with Crippen LogP contribution in [0.1, 0.15) is 35.7 Å². The molecule has 7 nitrogen and oxygen atoms in total. The first-order valence-corrected chi connectivity index (χ1v) is 11.0. The molecule has 7 heteroatoms. The van der Waals surface area contributed by atoms with Crippen LogP contribution in [0.15, 0.2) is 72.8 Å². The second kappa shape index (κ2) is 8.50. The van der Waals surface area contributed by atoms with Gasteiger partial charge in [-0.1, -0.05) is 79.7 Å². The van der Waals surface area contributed by atoms with E-state index < -0.39 is 12.1 Å². The van der Waals surface area contributed by atoms with Crippen LogP contribution >= 0.6 is 0 Å². The summed E-state index contributed by atoms with van der Waals surface area (Å²) in [6, 6.07) is 22.7. The Balaban J connectivity index is 1.31. The highest BCUT2D eigenvalue weighted by Crippen LogP contribution is 2.44. The van der Waals surface area contributed by atoms with Gasteiger partial charge < -0.3 is 10.1 Å². The zero-order chi connectivity index (χ0) is 22.9. The van der Waals surface area contributed by atoms with Crippen LogP contribution in [0, 0.1) is 5.92 Å². The number of para-hydroxylation sites is 1. The Morgan fingerprint density at radius 1 is 0.939 bits per heavy atom. The summed E-state index contributed by atoms with van der Waals surface area (Å²) in [7, 11) is 0. The summed E-state index contributed by atoms with van der Waals surface area (Å²) < 4.78 is 6.87. The SMILES string of the molecule is CC(C)[C@H](NC(=O)OCC1c2ccccc2-c2ccccc21)C(=O)n1nnc2ccccc21. The van der Waals surface area contributed by atoms with Crippen LogP contribution in [0.5, 0.6) is 0 Å². The Morgan fingerprint density at radius 3 is 2.21 bits per heavy atom. The second-order valence-corrected chi connectivity index (χ2v) is 8.52. The minimum absolute atomic E-state index is 0.0457. The number of amides is 1. The summed E-state index contributed by atoms with van der Waals surface area (Å²) in [6.45, 7) is 3.92. The molecule has 3 aromatic carbocycles. The molecule has 1 aliphatic carbocycles. The molecule has 4 aromatic rings. The monoisotopic (exact) mass is 440 g/mol. The first-order valence-electron chi connectivity index (χ1n) is 11.0. The molecule has 1 aliphatic rings. The Hall–Kier alpha value is -4.00. The van der Waals surface area contributed by atoms with Crippen LogP contribution in [-0.2, 0) is 4.74 Å². The molecular weight excluding hydrogens is 416 g/mol. The summed E-state index contributed by atoms with van der Waals surface area (Å²) in [5.41, 5.74) is 5.82. The largest absolute Gasteiger partial charge is 0.449 e. The maximum absolute atomic E-state index is 13.2. The zero-order valence-electron chi connectivity index (χ0n) is 18.4. The van der Waals surface area contributed by atoms with E-state index in [2.05, 4.69) is 39.9 Å². The number of nitrogens with zero attached hydrogens (tertiary/aromatic N) is 3. The number of nitrogens with one attached hydrogen (secondary N) is 1. The van der Waals surface area contributed by atoms with Crippen molar-refractivity contribution < 1.29 is 14.3 Å². The number of fused-ring (bicyclic) bond motifs is 4. The van der Waals surface area contributed by atoms with Gasteiger partial charge in [0, 0.05) is 5.92 Å². The summed E-state index contributed by atoms with van der Waals surface area (Å²) in [6.07, 6.45) is -0.631. The molecule has 0 spiro atoms. The maximum Gasteiger partial charge on any atom is 0.407 e. The number of ether oxygens (including phenoxy) is 1. The van der Waals surface area contributed by atoms with Gasteiger partial charge in [0.1, 0.15) is 18.2 Å². The normalized spacial score (nSPS) is 13.5.